The third kappa shape index (κ3) is 2.32. The van der Waals surface area contributed by atoms with Gasteiger partial charge in [-0.2, -0.15) is 5.26 Å². The lowest BCUT2D eigenvalue weighted by atomic mass is 9.92. The first kappa shape index (κ1) is 16.1. The van der Waals surface area contributed by atoms with Crippen LogP contribution >= 0.6 is 0 Å². The van der Waals surface area contributed by atoms with Gasteiger partial charge in [-0.3, -0.25) is 4.79 Å². The number of rotatable bonds is 2. The molecule has 2 aromatic rings. The SMILES string of the molecule is N#Cc1cnc(N2CC3(C2)OC2CCC(c4ccccc4F)N2C3=O)nc1. The number of nitriles is 1. The quantitative estimate of drug-likeness (QED) is 0.807. The van der Waals surface area contributed by atoms with Crippen molar-refractivity contribution in [2.45, 2.75) is 30.7 Å². The molecule has 5 rings (SSSR count). The molecule has 3 aliphatic heterocycles. The van der Waals surface area contributed by atoms with Gasteiger partial charge in [0.15, 0.2) is 5.60 Å². The highest BCUT2D eigenvalue weighted by Gasteiger charge is 2.63. The van der Waals surface area contributed by atoms with E-state index in [4.69, 9.17) is 10.00 Å². The molecule has 3 aliphatic rings. The van der Waals surface area contributed by atoms with Gasteiger partial charge in [-0.25, -0.2) is 14.4 Å². The Hall–Kier alpha value is -3.05. The van der Waals surface area contributed by atoms with Crippen LogP contribution in [0.25, 0.3) is 0 Å². The minimum absolute atomic E-state index is 0.0943. The first-order valence-corrected chi connectivity index (χ1v) is 8.83. The first-order chi connectivity index (χ1) is 13.1. The second kappa shape index (κ2) is 5.72. The summed E-state index contributed by atoms with van der Waals surface area (Å²) in [4.78, 5) is 25.0. The van der Waals surface area contributed by atoms with Crippen molar-refractivity contribution in [2.24, 2.45) is 0 Å². The van der Waals surface area contributed by atoms with Crippen LogP contribution in [0.2, 0.25) is 0 Å². The van der Waals surface area contributed by atoms with Gasteiger partial charge in [-0.1, -0.05) is 18.2 Å². The monoisotopic (exact) mass is 365 g/mol. The lowest BCUT2D eigenvalue weighted by Gasteiger charge is -2.45. The number of aromatic nitrogens is 2. The zero-order valence-corrected chi connectivity index (χ0v) is 14.4. The van der Waals surface area contributed by atoms with Crippen LogP contribution in [0.5, 0.6) is 0 Å². The summed E-state index contributed by atoms with van der Waals surface area (Å²) in [6, 6.07) is 8.28. The highest BCUT2D eigenvalue weighted by molar-refractivity contribution is 5.91. The van der Waals surface area contributed by atoms with Gasteiger partial charge >= 0.3 is 0 Å². The molecule has 4 heterocycles. The number of carbonyl (C=O) groups is 1. The molecule has 2 unspecified atom stereocenters. The van der Waals surface area contributed by atoms with Gasteiger partial charge in [0.05, 0.1) is 37.1 Å². The minimum atomic E-state index is -0.911. The molecule has 3 saturated heterocycles. The van der Waals surface area contributed by atoms with E-state index in [1.165, 1.54) is 18.5 Å². The molecule has 1 amide bonds. The van der Waals surface area contributed by atoms with Gasteiger partial charge in [-0.15, -0.1) is 0 Å². The fourth-order valence-corrected chi connectivity index (χ4v) is 4.23. The molecule has 136 valence electrons. The van der Waals surface area contributed by atoms with E-state index in [1.54, 1.807) is 23.1 Å². The number of hydrogen-bond acceptors (Lipinski definition) is 6. The Morgan fingerprint density at radius 3 is 2.67 bits per heavy atom. The Bertz CT molecular complexity index is 951. The molecule has 0 bridgehead atoms. The number of hydrogen-bond donors (Lipinski definition) is 0. The largest absolute Gasteiger partial charge is 0.338 e. The molecule has 1 aromatic heterocycles. The molecule has 0 saturated carbocycles. The summed E-state index contributed by atoms with van der Waals surface area (Å²) in [5.41, 5.74) is 0.0161. The Morgan fingerprint density at radius 2 is 1.96 bits per heavy atom. The molecule has 7 nitrogen and oxygen atoms in total. The van der Waals surface area contributed by atoms with E-state index < -0.39 is 5.60 Å². The molecule has 0 N–H and O–H groups in total. The zero-order chi connectivity index (χ0) is 18.6. The second-order valence-corrected chi connectivity index (χ2v) is 7.13. The smallest absolute Gasteiger partial charge is 0.261 e. The van der Waals surface area contributed by atoms with E-state index in [2.05, 4.69) is 9.97 Å². The van der Waals surface area contributed by atoms with Crippen LogP contribution in [0.3, 0.4) is 0 Å². The Kier molecular flexibility index (Phi) is 3.42. The van der Waals surface area contributed by atoms with Crippen molar-refractivity contribution in [2.75, 3.05) is 18.0 Å². The van der Waals surface area contributed by atoms with Crippen molar-refractivity contribution >= 4 is 11.9 Å². The van der Waals surface area contributed by atoms with E-state index in [0.29, 0.717) is 43.0 Å². The molecule has 0 aliphatic carbocycles. The summed E-state index contributed by atoms with van der Waals surface area (Å²) >= 11 is 0. The molecule has 0 radical (unpaired) electrons. The van der Waals surface area contributed by atoms with Crippen LogP contribution in [0.4, 0.5) is 10.3 Å². The Labute approximate surface area is 155 Å². The average molecular weight is 365 g/mol. The molecule has 2 atom stereocenters. The Balaban J connectivity index is 1.35. The number of carbonyl (C=O) groups excluding carboxylic acids is 1. The predicted octanol–water partition coefficient (Wildman–Crippen LogP) is 1.77. The van der Waals surface area contributed by atoms with Crippen molar-refractivity contribution in [3.63, 3.8) is 0 Å². The van der Waals surface area contributed by atoms with Crippen molar-refractivity contribution in [3.8, 4) is 6.07 Å². The number of fused-ring (bicyclic) bond motifs is 1. The number of nitrogens with zero attached hydrogens (tertiary/aromatic N) is 5. The maximum absolute atomic E-state index is 14.2. The topological polar surface area (TPSA) is 82.4 Å². The maximum Gasteiger partial charge on any atom is 0.261 e. The number of halogens is 1. The van der Waals surface area contributed by atoms with Crippen LogP contribution in [0.15, 0.2) is 36.7 Å². The predicted molar refractivity (Wildman–Crippen MR) is 91.8 cm³/mol. The van der Waals surface area contributed by atoms with Gasteiger partial charge in [-0.05, 0) is 18.9 Å². The summed E-state index contributed by atoms with van der Waals surface area (Å²) in [5, 5.41) is 8.83. The van der Waals surface area contributed by atoms with E-state index in [-0.39, 0.29) is 24.0 Å². The normalized spacial score (nSPS) is 25.4. The van der Waals surface area contributed by atoms with Crippen molar-refractivity contribution in [1.82, 2.24) is 14.9 Å². The van der Waals surface area contributed by atoms with Gasteiger partial charge in [0.1, 0.15) is 18.1 Å². The van der Waals surface area contributed by atoms with Crippen LogP contribution < -0.4 is 4.90 Å². The van der Waals surface area contributed by atoms with Crippen LogP contribution in [0, 0.1) is 17.1 Å². The van der Waals surface area contributed by atoms with Gasteiger partial charge in [0, 0.05) is 5.56 Å². The standard InChI is InChI=1S/C19H16FN5O2/c20-14-4-2-1-3-13(14)15-5-6-16-25(15)17(26)19(27-16)10-24(11-19)18-22-8-12(7-21)9-23-18/h1-4,8-9,15-16H,5-6,10-11H2. The third-order valence-corrected chi connectivity index (χ3v) is 5.53. The van der Waals surface area contributed by atoms with E-state index in [9.17, 15) is 9.18 Å². The van der Waals surface area contributed by atoms with E-state index >= 15 is 0 Å². The van der Waals surface area contributed by atoms with Gasteiger partial charge in [0.2, 0.25) is 5.95 Å². The maximum atomic E-state index is 14.2. The van der Waals surface area contributed by atoms with Crippen molar-refractivity contribution in [3.05, 3.63) is 53.6 Å². The van der Waals surface area contributed by atoms with E-state index in [1.807, 2.05) is 11.0 Å². The summed E-state index contributed by atoms with van der Waals surface area (Å²) in [6.07, 6.45) is 3.98. The van der Waals surface area contributed by atoms with Crippen LogP contribution in [0.1, 0.15) is 30.0 Å². The average Bonchev–Trinajstić information content (AvgIpc) is 3.19. The summed E-state index contributed by atoms with van der Waals surface area (Å²) < 4.78 is 20.3. The highest BCUT2D eigenvalue weighted by Crippen LogP contribution is 2.47. The molecular formula is C19H16FN5O2. The second-order valence-electron chi connectivity index (χ2n) is 7.13. The lowest BCUT2D eigenvalue weighted by molar-refractivity contribution is -0.141. The number of benzene rings is 1. The highest BCUT2D eigenvalue weighted by atomic mass is 19.1. The van der Waals surface area contributed by atoms with Crippen molar-refractivity contribution in [1.29, 1.82) is 5.26 Å². The fraction of sp³-hybridized carbons (Fsp3) is 0.368. The minimum Gasteiger partial charge on any atom is -0.338 e. The first-order valence-electron chi connectivity index (χ1n) is 8.83. The fourth-order valence-electron chi connectivity index (χ4n) is 4.23. The van der Waals surface area contributed by atoms with Crippen LogP contribution in [-0.4, -0.2) is 45.7 Å². The number of amides is 1. The molecule has 8 heteroatoms. The molecule has 1 aromatic carbocycles. The molecule has 3 fully saturated rings. The van der Waals surface area contributed by atoms with Gasteiger partial charge < -0.3 is 14.5 Å². The number of ether oxygens (including phenoxy) is 1. The van der Waals surface area contributed by atoms with Crippen molar-refractivity contribution < 1.29 is 13.9 Å². The summed E-state index contributed by atoms with van der Waals surface area (Å²) in [6.45, 7) is 0.712. The zero-order valence-electron chi connectivity index (χ0n) is 14.4. The summed E-state index contributed by atoms with van der Waals surface area (Å²) in [5.74, 6) is 0.0787. The summed E-state index contributed by atoms with van der Waals surface area (Å²) in [7, 11) is 0. The molecular weight excluding hydrogens is 349 g/mol. The molecule has 1 spiro atoms. The third-order valence-electron chi connectivity index (χ3n) is 5.53. The Morgan fingerprint density at radius 1 is 1.22 bits per heavy atom. The van der Waals surface area contributed by atoms with Crippen LogP contribution in [-0.2, 0) is 9.53 Å². The number of anilines is 1. The van der Waals surface area contributed by atoms with Gasteiger partial charge in [0.25, 0.3) is 5.91 Å². The molecule has 27 heavy (non-hydrogen) atoms. The lowest BCUT2D eigenvalue weighted by Crippen LogP contribution is -2.67. The van der Waals surface area contributed by atoms with E-state index in [0.717, 1.165) is 0 Å².